The Morgan fingerprint density at radius 2 is 1.73 bits per heavy atom. The van der Waals surface area contributed by atoms with Gasteiger partial charge in [-0.2, -0.15) is 0 Å². The number of halogens is 1. The molecule has 1 amide bonds. The molecule has 5 heteroatoms. The van der Waals surface area contributed by atoms with E-state index in [2.05, 4.69) is 41.0 Å². The second-order valence-corrected chi connectivity index (χ2v) is 9.53. The summed E-state index contributed by atoms with van der Waals surface area (Å²) in [6.45, 7) is 7.07. The Morgan fingerprint density at radius 3 is 2.43 bits per heavy atom. The fourth-order valence-corrected chi connectivity index (χ4v) is 5.31. The SMILES string of the molecule is Cc1cc(Cl)ccc1-c1cc(C(=O)NN2CCCCC2)c(C)n1CC1CCCCC1. The molecule has 0 radical (unpaired) electrons. The molecule has 2 aromatic rings. The number of amides is 1. The predicted molar refractivity (Wildman–Crippen MR) is 124 cm³/mol. The van der Waals surface area contributed by atoms with Gasteiger partial charge in [0.15, 0.2) is 0 Å². The average molecular weight is 428 g/mol. The molecule has 4 nitrogen and oxygen atoms in total. The average Bonchev–Trinajstić information content (AvgIpc) is 3.06. The monoisotopic (exact) mass is 427 g/mol. The summed E-state index contributed by atoms with van der Waals surface area (Å²) in [6, 6.07) is 8.14. The molecule has 162 valence electrons. The van der Waals surface area contributed by atoms with Gasteiger partial charge in [0.05, 0.1) is 5.56 Å². The first kappa shape index (κ1) is 21.5. The minimum absolute atomic E-state index is 0.0182. The molecule has 1 saturated carbocycles. The highest BCUT2D eigenvalue weighted by Gasteiger charge is 2.24. The van der Waals surface area contributed by atoms with Gasteiger partial charge in [0.2, 0.25) is 0 Å². The van der Waals surface area contributed by atoms with Crippen molar-refractivity contribution in [2.45, 2.75) is 71.8 Å². The molecular weight excluding hydrogens is 394 g/mol. The third kappa shape index (κ3) is 4.76. The van der Waals surface area contributed by atoms with Gasteiger partial charge in [-0.05, 0) is 69.2 Å². The highest BCUT2D eigenvalue weighted by Crippen LogP contribution is 2.33. The van der Waals surface area contributed by atoms with Crippen molar-refractivity contribution in [3.63, 3.8) is 0 Å². The van der Waals surface area contributed by atoms with E-state index < -0.39 is 0 Å². The van der Waals surface area contributed by atoms with Gasteiger partial charge in [0, 0.05) is 41.6 Å². The van der Waals surface area contributed by atoms with Crippen molar-refractivity contribution in [1.29, 1.82) is 0 Å². The van der Waals surface area contributed by atoms with Crippen LogP contribution in [0.15, 0.2) is 24.3 Å². The van der Waals surface area contributed by atoms with Crippen LogP contribution in [-0.4, -0.2) is 28.6 Å². The Morgan fingerprint density at radius 1 is 1.03 bits per heavy atom. The van der Waals surface area contributed by atoms with Crippen LogP contribution in [0.25, 0.3) is 11.3 Å². The molecule has 4 rings (SSSR count). The molecule has 30 heavy (non-hydrogen) atoms. The molecule has 0 atom stereocenters. The maximum absolute atomic E-state index is 13.2. The summed E-state index contributed by atoms with van der Waals surface area (Å²) in [5, 5.41) is 2.83. The van der Waals surface area contributed by atoms with Gasteiger partial charge < -0.3 is 4.57 Å². The number of carbonyl (C=O) groups excluding carboxylic acids is 1. The first-order valence-electron chi connectivity index (χ1n) is 11.6. The molecule has 1 aliphatic carbocycles. The highest BCUT2D eigenvalue weighted by molar-refractivity contribution is 6.30. The third-order valence-electron chi connectivity index (χ3n) is 6.86. The van der Waals surface area contributed by atoms with Crippen molar-refractivity contribution in [3.8, 4) is 11.3 Å². The molecule has 2 fully saturated rings. The van der Waals surface area contributed by atoms with Crippen molar-refractivity contribution in [2.24, 2.45) is 5.92 Å². The van der Waals surface area contributed by atoms with Gasteiger partial charge in [-0.1, -0.05) is 43.4 Å². The Hall–Kier alpha value is -1.78. The Kier molecular flexibility index (Phi) is 6.84. The lowest BCUT2D eigenvalue weighted by Gasteiger charge is -2.27. The number of aromatic nitrogens is 1. The minimum atomic E-state index is 0.0182. The number of benzene rings is 1. The number of rotatable bonds is 5. The minimum Gasteiger partial charge on any atom is -0.344 e. The molecule has 1 N–H and O–H groups in total. The van der Waals surface area contributed by atoms with Crippen molar-refractivity contribution < 1.29 is 4.79 Å². The van der Waals surface area contributed by atoms with Crippen molar-refractivity contribution >= 4 is 17.5 Å². The molecule has 1 aromatic carbocycles. The fraction of sp³-hybridized carbons (Fsp3) is 0.560. The number of piperidine rings is 1. The summed E-state index contributed by atoms with van der Waals surface area (Å²) < 4.78 is 2.39. The smallest absolute Gasteiger partial charge is 0.267 e. The number of aryl methyl sites for hydroxylation is 1. The van der Waals surface area contributed by atoms with Crippen LogP contribution >= 0.6 is 11.6 Å². The lowest BCUT2D eigenvalue weighted by Crippen LogP contribution is -2.45. The lowest BCUT2D eigenvalue weighted by molar-refractivity contribution is 0.0749. The van der Waals surface area contributed by atoms with Gasteiger partial charge in [-0.25, -0.2) is 5.01 Å². The molecule has 0 bridgehead atoms. The van der Waals surface area contributed by atoms with E-state index in [0.29, 0.717) is 5.92 Å². The second-order valence-electron chi connectivity index (χ2n) is 9.09. The first-order valence-corrected chi connectivity index (χ1v) is 11.9. The maximum Gasteiger partial charge on any atom is 0.267 e. The van der Waals surface area contributed by atoms with Gasteiger partial charge in [0.25, 0.3) is 5.91 Å². The Labute approximate surface area is 185 Å². The quantitative estimate of drug-likeness (QED) is 0.622. The zero-order chi connectivity index (χ0) is 21.1. The van der Waals surface area contributed by atoms with E-state index in [9.17, 15) is 4.79 Å². The second kappa shape index (κ2) is 9.57. The van der Waals surface area contributed by atoms with Crippen LogP contribution in [0.4, 0.5) is 0 Å². The zero-order valence-electron chi connectivity index (χ0n) is 18.3. The van der Waals surface area contributed by atoms with Gasteiger partial charge in [0.1, 0.15) is 0 Å². The van der Waals surface area contributed by atoms with E-state index >= 15 is 0 Å². The number of carbonyl (C=O) groups is 1. The summed E-state index contributed by atoms with van der Waals surface area (Å²) in [5.41, 5.74) is 8.46. The molecule has 0 unspecified atom stereocenters. The van der Waals surface area contributed by atoms with E-state index in [1.807, 2.05) is 12.1 Å². The standard InChI is InChI=1S/C25H34ClN3O/c1-18-15-21(26)11-12-22(18)24-16-23(25(30)27-28-13-7-4-8-14-28)19(2)29(24)17-20-9-5-3-6-10-20/h11-12,15-16,20H,3-10,13-14,17H2,1-2H3,(H,27,30). The van der Waals surface area contributed by atoms with Crippen LogP contribution in [0.3, 0.4) is 0 Å². The Balaban J connectivity index is 1.67. The van der Waals surface area contributed by atoms with Crippen molar-refractivity contribution in [1.82, 2.24) is 15.0 Å². The topological polar surface area (TPSA) is 37.3 Å². The van der Waals surface area contributed by atoms with E-state index in [-0.39, 0.29) is 5.91 Å². The number of nitrogens with one attached hydrogen (secondary N) is 1. The Bertz CT molecular complexity index is 892. The summed E-state index contributed by atoms with van der Waals surface area (Å²) >= 11 is 6.22. The molecule has 2 aliphatic rings. The van der Waals surface area contributed by atoms with Gasteiger partial charge in [-0.3, -0.25) is 10.2 Å². The summed E-state index contributed by atoms with van der Waals surface area (Å²) in [6.07, 6.45) is 10.1. The number of hydrogen-bond acceptors (Lipinski definition) is 2. The molecule has 0 spiro atoms. The van der Waals surface area contributed by atoms with Crippen LogP contribution in [0.5, 0.6) is 0 Å². The van der Waals surface area contributed by atoms with Crippen LogP contribution < -0.4 is 5.43 Å². The number of nitrogens with zero attached hydrogens (tertiary/aromatic N) is 2. The van der Waals surface area contributed by atoms with Crippen molar-refractivity contribution in [2.75, 3.05) is 13.1 Å². The van der Waals surface area contributed by atoms with Crippen molar-refractivity contribution in [3.05, 3.63) is 46.1 Å². The van der Waals surface area contributed by atoms with Gasteiger partial charge in [-0.15, -0.1) is 0 Å². The van der Waals surface area contributed by atoms with E-state index in [4.69, 9.17) is 11.6 Å². The maximum atomic E-state index is 13.2. The van der Waals surface area contributed by atoms with E-state index in [1.54, 1.807) is 0 Å². The first-order chi connectivity index (χ1) is 14.5. The fourth-order valence-electron chi connectivity index (χ4n) is 5.09. The van der Waals surface area contributed by atoms with Crippen LogP contribution in [0.1, 0.15) is 73.0 Å². The number of hydrazine groups is 1. The zero-order valence-corrected chi connectivity index (χ0v) is 19.1. The molecule has 1 aromatic heterocycles. The summed E-state index contributed by atoms with van der Waals surface area (Å²) in [4.78, 5) is 13.2. The predicted octanol–water partition coefficient (Wildman–Crippen LogP) is 6.14. The van der Waals surface area contributed by atoms with Crippen LogP contribution in [-0.2, 0) is 6.54 Å². The normalized spacial score (nSPS) is 18.5. The third-order valence-corrected chi connectivity index (χ3v) is 7.09. The highest BCUT2D eigenvalue weighted by atomic mass is 35.5. The van der Waals surface area contributed by atoms with Crippen LogP contribution in [0, 0.1) is 19.8 Å². The number of hydrogen-bond donors (Lipinski definition) is 1. The largest absolute Gasteiger partial charge is 0.344 e. The lowest BCUT2D eigenvalue weighted by atomic mass is 9.89. The molecule has 1 saturated heterocycles. The van der Waals surface area contributed by atoms with E-state index in [1.165, 1.54) is 38.5 Å². The molecule has 1 aliphatic heterocycles. The summed E-state index contributed by atoms with van der Waals surface area (Å²) in [5.74, 6) is 0.707. The molecule has 2 heterocycles. The van der Waals surface area contributed by atoms with Gasteiger partial charge >= 0.3 is 0 Å². The molecular formula is C25H34ClN3O. The van der Waals surface area contributed by atoms with E-state index in [0.717, 1.165) is 65.6 Å². The summed E-state index contributed by atoms with van der Waals surface area (Å²) in [7, 11) is 0. The van der Waals surface area contributed by atoms with Crippen LogP contribution in [0.2, 0.25) is 5.02 Å².